The standard InChI is InChI=1S/C11H20N2O3/c1-2-16-7-10(14)13-9-5-3-8(4-6-9)11(12)15/h8-9H,2-7H2,1H3,(H2,12,15)(H,13,14). The fraction of sp³-hybridized carbons (Fsp3) is 0.818. The predicted octanol–water partition coefficient (Wildman–Crippen LogP) is 0.183. The first-order valence-electron chi connectivity index (χ1n) is 5.80. The highest BCUT2D eigenvalue weighted by molar-refractivity contribution is 5.78. The van der Waals surface area contributed by atoms with Crippen LogP contribution in [-0.4, -0.2) is 31.1 Å². The molecule has 0 atom stereocenters. The van der Waals surface area contributed by atoms with Crippen LogP contribution >= 0.6 is 0 Å². The van der Waals surface area contributed by atoms with Gasteiger partial charge < -0.3 is 15.8 Å². The van der Waals surface area contributed by atoms with Gasteiger partial charge >= 0.3 is 0 Å². The van der Waals surface area contributed by atoms with Gasteiger partial charge in [-0.25, -0.2) is 0 Å². The predicted molar refractivity (Wildman–Crippen MR) is 59.6 cm³/mol. The number of carbonyl (C=O) groups excluding carboxylic acids is 2. The largest absolute Gasteiger partial charge is 0.372 e. The first kappa shape index (κ1) is 13.0. The summed E-state index contributed by atoms with van der Waals surface area (Å²) < 4.78 is 5.01. The van der Waals surface area contributed by atoms with E-state index in [0.29, 0.717) is 6.61 Å². The van der Waals surface area contributed by atoms with Gasteiger partial charge in [0.2, 0.25) is 11.8 Å². The molecule has 16 heavy (non-hydrogen) atoms. The zero-order valence-corrected chi connectivity index (χ0v) is 9.70. The third-order valence-corrected chi connectivity index (χ3v) is 2.93. The fourth-order valence-electron chi connectivity index (χ4n) is 1.99. The van der Waals surface area contributed by atoms with E-state index in [4.69, 9.17) is 10.5 Å². The Morgan fingerprint density at radius 2 is 1.94 bits per heavy atom. The summed E-state index contributed by atoms with van der Waals surface area (Å²) in [4.78, 5) is 22.3. The van der Waals surface area contributed by atoms with Crippen molar-refractivity contribution < 1.29 is 14.3 Å². The van der Waals surface area contributed by atoms with Gasteiger partial charge in [-0.1, -0.05) is 0 Å². The molecule has 5 nitrogen and oxygen atoms in total. The molecule has 92 valence electrons. The molecule has 0 aromatic rings. The Labute approximate surface area is 95.7 Å². The Bertz CT molecular complexity index is 248. The summed E-state index contributed by atoms with van der Waals surface area (Å²) in [6.45, 7) is 2.51. The minimum Gasteiger partial charge on any atom is -0.372 e. The summed E-state index contributed by atoms with van der Waals surface area (Å²) in [5.41, 5.74) is 5.23. The molecule has 1 rings (SSSR count). The molecule has 1 fully saturated rings. The number of carbonyl (C=O) groups is 2. The quantitative estimate of drug-likeness (QED) is 0.704. The molecule has 0 aliphatic heterocycles. The number of hydrogen-bond acceptors (Lipinski definition) is 3. The average Bonchev–Trinajstić information content (AvgIpc) is 2.27. The van der Waals surface area contributed by atoms with E-state index in [9.17, 15) is 9.59 Å². The molecular weight excluding hydrogens is 208 g/mol. The molecule has 0 saturated heterocycles. The highest BCUT2D eigenvalue weighted by Crippen LogP contribution is 2.23. The van der Waals surface area contributed by atoms with Gasteiger partial charge in [-0.15, -0.1) is 0 Å². The average molecular weight is 228 g/mol. The van der Waals surface area contributed by atoms with Crippen LogP contribution in [0, 0.1) is 5.92 Å². The molecule has 0 aromatic heterocycles. The summed E-state index contributed by atoms with van der Waals surface area (Å²) in [5.74, 6) is -0.316. The van der Waals surface area contributed by atoms with Gasteiger partial charge in [-0.3, -0.25) is 9.59 Å². The van der Waals surface area contributed by atoms with Crippen molar-refractivity contribution in [2.75, 3.05) is 13.2 Å². The summed E-state index contributed by atoms with van der Waals surface area (Å²) in [6, 6.07) is 0.170. The van der Waals surface area contributed by atoms with Crippen molar-refractivity contribution in [3.8, 4) is 0 Å². The topological polar surface area (TPSA) is 81.4 Å². The number of nitrogens with two attached hydrogens (primary N) is 1. The third-order valence-electron chi connectivity index (χ3n) is 2.93. The minimum absolute atomic E-state index is 0.0138. The number of rotatable bonds is 5. The van der Waals surface area contributed by atoms with Crippen molar-refractivity contribution in [2.24, 2.45) is 11.7 Å². The maximum absolute atomic E-state index is 11.4. The molecule has 0 aromatic carbocycles. The Hall–Kier alpha value is -1.10. The molecule has 3 N–H and O–H groups in total. The maximum Gasteiger partial charge on any atom is 0.246 e. The zero-order chi connectivity index (χ0) is 12.0. The minimum atomic E-state index is -0.223. The second-order valence-electron chi connectivity index (χ2n) is 4.16. The van der Waals surface area contributed by atoms with Gasteiger partial charge in [0.1, 0.15) is 6.61 Å². The second-order valence-corrected chi connectivity index (χ2v) is 4.16. The summed E-state index contributed by atoms with van der Waals surface area (Å²) in [7, 11) is 0. The highest BCUT2D eigenvalue weighted by atomic mass is 16.5. The molecule has 0 radical (unpaired) electrons. The van der Waals surface area contributed by atoms with Crippen LogP contribution in [0.2, 0.25) is 0 Å². The number of primary amides is 1. The van der Waals surface area contributed by atoms with Crippen molar-refractivity contribution in [1.82, 2.24) is 5.32 Å². The van der Waals surface area contributed by atoms with Crippen molar-refractivity contribution >= 4 is 11.8 Å². The molecular formula is C11H20N2O3. The lowest BCUT2D eigenvalue weighted by molar-refractivity contribution is -0.126. The van der Waals surface area contributed by atoms with Crippen LogP contribution in [0.5, 0.6) is 0 Å². The number of ether oxygens (including phenoxy) is 1. The molecule has 5 heteroatoms. The van der Waals surface area contributed by atoms with Gasteiger partial charge in [0.25, 0.3) is 0 Å². The van der Waals surface area contributed by atoms with E-state index in [1.807, 2.05) is 6.92 Å². The molecule has 0 unspecified atom stereocenters. The monoisotopic (exact) mass is 228 g/mol. The van der Waals surface area contributed by atoms with Crippen LogP contribution in [0.1, 0.15) is 32.6 Å². The van der Waals surface area contributed by atoms with Crippen LogP contribution in [0.3, 0.4) is 0 Å². The van der Waals surface area contributed by atoms with Crippen molar-refractivity contribution in [2.45, 2.75) is 38.6 Å². The van der Waals surface area contributed by atoms with Gasteiger partial charge in [-0.2, -0.15) is 0 Å². The lowest BCUT2D eigenvalue weighted by atomic mass is 9.85. The fourth-order valence-corrected chi connectivity index (χ4v) is 1.99. The second kappa shape index (κ2) is 6.48. The molecule has 2 amide bonds. The first-order valence-corrected chi connectivity index (χ1v) is 5.80. The summed E-state index contributed by atoms with van der Waals surface area (Å²) in [6.07, 6.45) is 3.20. The van der Waals surface area contributed by atoms with Gasteiger partial charge in [-0.05, 0) is 32.6 Å². The van der Waals surface area contributed by atoms with Crippen molar-refractivity contribution in [3.63, 3.8) is 0 Å². The van der Waals surface area contributed by atoms with E-state index in [-0.39, 0.29) is 30.4 Å². The smallest absolute Gasteiger partial charge is 0.246 e. The lowest BCUT2D eigenvalue weighted by Crippen LogP contribution is -2.41. The van der Waals surface area contributed by atoms with Gasteiger partial charge in [0.05, 0.1) is 0 Å². The Morgan fingerprint density at radius 1 is 1.31 bits per heavy atom. The van der Waals surface area contributed by atoms with Crippen molar-refractivity contribution in [1.29, 1.82) is 0 Å². The van der Waals surface area contributed by atoms with Gasteiger partial charge in [0, 0.05) is 18.6 Å². The molecule has 1 aliphatic rings. The summed E-state index contributed by atoms with van der Waals surface area (Å²) in [5, 5.41) is 2.90. The van der Waals surface area contributed by atoms with Crippen LogP contribution in [0.25, 0.3) is 0 Å². The van der Waals surface area contributed by atoms with Crippen molar-refractivity contribution in [3.05, 3.63) is 0 Å². The molecule has 0 bridgehead atoms. The van der Waals surface area contributed by atoms with Gasteiger partial charge in [0.15, 0.2) is 0 Å². The molecule has 1 aliphatic carbocycles. The Morgan fingerprint density at radius 3 is 2.44 bits per heavy atom. The first-order chi connectivity index (χ1) is 7.63. The van der Waals surface area contributed by atoms with Crippen LogP contribution in [0.4, 0.5) is 0 Å². The zero-order valence-electron chi connectivity index (χ0n) is 9.70. The van der Waals surface area contributed by atoms with Crippen LogP contribution in [-0.2, 0) is 14.3 Å². The molecule has 0 spiro atoms. The van der Waals surface area contributed by atoms with Crippen LogP contribution in [0.15, 0.2) is 0 Å². The normalized spacial score (nSPS) is 25.1. The summed E-state index contributed by atoms with van der Waals surface area (Å²) >= 11 is 0. The van der Waals surface area contributed by atoms with Crippen LogP contribution < -0.4 is 11.1 Å². The van der Waals surface area contributed by atoms with E-state index in [2.05, 4.69) is 5.32 Å². The highest BCUT2D eigenvalue weighted by Gasteiger charge is 2.25. The SMILES string of the molecule is CCOCC(=O)NC1CCC(C(N)=O)CC1. The van der Waals surface area contributed by atoms with E-state index < -0.39 is 0 Å². The van der Waals surface area contributed by atoms with E-state index in [0.717, 1.165) is 25.7 Å². The number of amides is 2. The Kier molecular flexibility index (Phi) is 5.25. The van der Waals surface area contributed by atoms with E-state index in [1.165, 1.54) is 0 Å². The molecule has 1 saturated carbocycles. The van der Waals surface area contributed by atoms with E-state index >= 15 is 0 Å². The third kappa shape index (κ3) is 4.18. The Balaban J connectivity index is 2.21. The number of hydrogen-bond donors (Lipinski definition) is 2. The number of nitrogens with one attached hydrogen (secondary N) is 1. The maximum atomic E-state index is 11.4. The lowest BCUT2D eigenvalue weighted by Gasteiger charge is -2.27. The molecule has 0 heterocycles. The van der Waals surface area contributed by atoms with E-state index in [1.54, 1.807) is 0 Å².